The van der Waals surface area contributed by atoms with Crippen LogP contribution in [0.4, 0.5) is 0 Å². The van der Waals surface area contributed by atoms with E-state index in [1.165, 1.54) is 36.8 Å². The first-order chi connectivity index (χ1) is 8.22. The smallest absolute Gasteiger partial charge is 0.00813 e. The summed E-state index contributed by atoms with van der Waals surface area (Å²) in [7, 11) is 0. The van der Waals surface area contributed by atoms with Gasteiger partial charge in [-0.2, -0.15) is 0 Å². The number of nitrogens with one attached hydrogen (secondary N) is 1. The summed E-state index contributed by atoms with van der Waals surface area (Å²) in [6.07, 6.45) is 5.14. The van der Waals surface area contributed by atoms with E-state index in [1.807, 2.05) is 0 Å². The standard InChI is InChI=1S/C16H25N/c1-4-15(5-2)17-16-10-14(11-16)13-8-6-7-12(3)9-13/h6-9,14-17H,4-5,10-11H2,1-3H3. The monoisotopic (exact) mass is 231 g/mol. The summed E-state index contributed by atoms with van der Waals surface area (Å²) in [6.45, 7) is 6.73. The summed E-state index contributed by atoms with van der Waals surface area (Å²) in [5, 5.41) is 3.77. The zero-order chi connectivity index (χ0) is 12.3. The van der Waals surface area contributed by atoms with Crippen LogP contribution in [0.1, 0.15) is 56.6 Å². The van der Waals surface area contributed by atoms with Gasteiger partial charge in [-0.25, -0.2) is 0 Å². The zero-order valence-corrected chi connectivity index (χ0v) is 11.4. The van der Waals surface area contributed by atoms with Gasteiger partial charge in [0.05, 0.1) is 0 Å². The molecule has 1 N–H and O–H groups in total. The molecule has 1 aliphatic rings. The van der Waals surface area contributed by atoms with Gasteiger partial charge in [-0.15, -0.1) is 0 Å². The minimum atomic E-state index is 0.721. The molecule has 1 aromatic rings. The molecule has 0 aliphatic heterocycles. The second-order valence-electron chi connectivity index (χ2n) is 5.46. The first-order valence-electron chi connectivity index (χ1n) is 7.05. The summed E-state index contributed by atoms with van der Waals surface area (Å²) < 4.78 is 0. The van der Waals surface area contributed by atoms with Crippen LogP contribution >= 0.6 is 0 Å². The number of hydrogen-bond donors (Lipinski definition) is 1. The van der Waals surface area contributed by atoms with Crippen LogP contribution in [0.25, 0.3) is 0 Å². The van der Waals surface area contributed by atoms with Crippen LogP contribution in [0, 0.1) is 6.92 Å². The molecule has 2 rings (SSSR count). The highest BCUT2D eigenvalue weighted by Crippen LogP contribution is 2.37. The Morgan fingerprint density at radius 2 is 1.94 bits per heavy atom. The topological polar surface area (TPSA) is 12.0 Å². The summed E-state index contributed by atoms with van der Waals surface area (Å²) in [6, 6.07) is 10.5. The van der Waals surface area contributed by atoms with Gasteiger partial charge in [0.2, 0.25) is 0 Å². The highest BCUT2D eigenvalue weighted by Gasteiger charge is 2.30. The summed E-state index contributed by atoms with van der Waals surface area (Å²) in [4.78, 5) is 0. The van der Waals surface area contributed by atoms with Crippen LogP contribution in [0.2, 0.25) is 0 Å². The van der Waals surface area contributed by atoms with E-state index < -0.39 is 0 Å². The van der Waals surface area contributed by atoms with Gasteiger partial charge in [0, 0.05) is 12.1 Å². The van der Waals surface area contributed by atoms with Gasteiger partial charge in [0.25, 0.3) is 0 Å². The predicted octanol–water partition coefficient (Wildman–Crippen LogP) is 4.02. The quantitative estimate of drug-likeness (QED) is 0.807. The fourth-order valence-corrected chi connectivity index (χ4v) is 2.81. The lowest BCUT2D eigenvalue weighted by atomic mass is 9.75. The van der Waals surface area contributed by atoms with Gasteiger partial charge in [0.1, 0.15) is 0 Å². The Hall–Kier alpha value is -0.820. The molecule has 0 saturated heterocycles. The molecule has 0 amide bonds. The normalized spacial score (nSPS) is 23.8. The molecule has 0 heterocycles. The highest BCUT2D eigenvalue weighted by molar-refractivity contribution is 5.27. The minimum absolute atomic E-state index is 0.721. The average Bonchev–Trinajstić information content (AvgIpc) is 2.28. The molecule has 1 saturated carbocycles. The lowest BCUT2D eigenvalue weighted by Gasteiger charge is -2.38. The number of hydrogen-bond acceptors (Lipinski definition) is 1. The fourth-order valence-electron chi connectivity index (χ4n) is 2.81. The van der Waals surface area contributed by atoms with Crippen molar-refractivity contribution in [3.63, 3.8) is 0 Å². The van der Waals surface area contributed by atoms with Crippen molar-refractivity contribution in [1.82, 2.24) is 5.32 Å². The largest absolute Gasteiger partial charge is 0.311 e. The fraction of sp³-hybridized carbons (Fsp3) is 0.625. The third-order valence-electron chi connectivity index (χ3n) is 4.11. The van der Waals surface area contributed by atoms with Gasteiger partial charge in [-0.3, -0.25) is 0 Å². The van der Waals surface area contributed by atoms with Crippen molar-refractivity contribution >= 4 is 0 Å². The molecule has 0 unspecified atom stereocenters. The Kier molecular flexibility index (Phi) is 4.22. The molecule has 0 atom stereocenters. The summed E-state index contributed by atoms with van der Waals surface area (Å²) in [5.74, 6) is 0.793. The Morgan fingerprint density at radius 1 is 1.24 bits per heavy atom. The van der Waals surface area contributed by atoms with Crippen LogP contribution in [0.3, 0.4) is 0 Å². The maximum Gasteiger partial charge on any atom is 0.00813 e. The van der Waals surface area contributed by atoms with Crippen molar-refractivity contribution in [3.05, 3.63) is 35.4 Å². The van der Waals surface area contributed by atoms with Crippen LogP contribution in [-0.4, -0.2) is 12.1 Å². The second-order valence-corrected chi connectivity index (χ2v) is 5.46. The first-order valence-corrected chi connectivity index (χ1v) is 7.05. The van der Waals surface area contributed by atoms with E-state index in [2.05, 4.69) is 50.4 Å². The van der Waals surface area contributed by atoms with Gasteiger partial charge in [0.15, 0.2) is 0 Å². The van der Waals surface area contributed by atoms with Gasteiger partial charge in [-0.1, -0.05) is 43.7 Å². The van der Waals surface area contributed by atoms with E-state index >= 15 is 0 Å². The summed E-state index contributed by atoms with van der Waals surface area (Å²) >= 11 is 0. The molecular weight excluding hydrogens is 206 g/mol. The van der Waals surface area contributed by atoms with E-state index in [1.54, 1.807) is 0 Å². The molecule has 0 spiro atoms. The van der Waals surface area contributed by atoms with E-state index in [4.69, 9.17) is 0 Å². The number of benzene rings is 1. The molecule has 1 heteroatoms. The SMILES string of the molecule is CCC(CC)NC1CC(c2cccc(C)c2)C1. The third-order valence-corrected chi connectivity index (χ3v) is 4.11. The van der Waals surface area contributed by atoms with Crippen molar-refractivity contribution in [2.24, 2.45) is 0 Å². The molecule has 0 bridgehead atoms. The molecule has 1 fully saturated rings. The molecule has 1 nitrogen and oxygen atoms in total. The lowest BCUT2D eigenvalue weighted by molar-refractivity contribution is 0.258. The minimum Gasteiger partial charge on any atom is -0.311 e. The Balaban J connectivity index is 1.82. The molecule has 0 aromatic heterocycles. The van der Waals surface area contributed by atoms with Crippen LogP contribution < -0.4 is 5.32 Å². The average molecular weight is 231 g/mol. The maximum atomic E-state index is 3.77. The van der Waals surface area contributed by atoms with Gasteiger partial charge in [-0.05, 0) is 44.1 Å². The highest BCUT2D eigenvalue weighted by atomic mass is 15.0. The molecule has 94 valence electrons. The first kappa shape index (κ1) is 12.6. The van der Waals surface area contributed by atoms with Crippen LogP contribution in [0.5, 0.6) is 0 Å². The molecule has 0 radical (unpaired) electrons. The molecule has 1 aliphatic carbocycles. The Morgan fingerprint density at radius 3 is 2.53 bits per heavy atom. The number of rotatable bonds is 5. The lowest BCUT2D eigenvalue weighted by Crippen LogP contribution is -2.45. The maximum absolute atomic E-state index is 3.77. The van der Waals surface area contributed by atoms with Crippen molar-refractivity contribution in [2.75, 3.05) is 0 Å². The van der Waals surface area contributed by atoms with Crippen molar-refractivity contribution < 1.29 is 0 Å². The van der Waals surface area contributed by atoms with Gasteiger partial charge >= 0.3 is 0 Å². The van der Waals surface area contributed by atoms with Gasteiger partial charge < -0.3 is 5.32 Å². The van der Waals surface area contributed by atoms with Crippen LogP contribution in [-0.2, 0) is 0 Å². The van der Waals surface area contributed by atoms with E-state index in [-0.39, 0.29) is 0 Å². The van der Waals surface area contributed by atoms with E-state index in [0.717, 1.165) is 18.0 Å². The van der Waals surface area contributed by atoms with Crippen LogP contribution in [0.15, 0.2) is 24.3 Å². The Labute approximate surface area is 106 Å². The van der Waals surface area contributed by atoms with E-state index in [0.29, 0.717) is 0 Å². The van der Waals surface area contributed by atoms with Crippen molar-refractivity contribution in [2.45, 2.75) is 64.5 Å². The summed E-state index contributed by atoms with van der Waals surface area (Å²) in [5.41, 5.74) is 2.92. The second kappa shape index (κ2) is 5.68. The van der Waals surface area contributed by atoms with Crippen molar-refractivity contribution in [1.29, 1.82) is 0 Å². The predicted molar refractivity (Wildman–Crippen MR) is 74.4 cm³/mol. The molecular formula is C16H25N. The van der Waals surface area contributed by atoms with Crippen molar-refractivity contribution in [3.8, 4) is 0 Å². The number of aryl methyl sites for hydroxylation is 1. The zero-order valence-electron chi connectivity index (χ0n) is 11.4. The molecule has 17 heavy (non-hydrogen) atoms. The molecule has 1 aromatic carbocycles. The van der Waals surface area contributed by atoms with E-state index in [9.17, 15) is 0 Å². The third kappa shape index (κ3) is 3.10. The Bertz CT molecular complexity index is 348.